The Kier molecular flexibility index (Phi) is 7.10. The number of carbonyl (C=O) groups is 2. The van der Waals surface area contributed by atoms with Gasteiger partial charge in [0.1, 0.15) is 10.6 Å². The Morgan fingerprint density at radius 2 is 1.74 bits per heavy atom. The van der Waals surface area contributed by atoms with E-state index in [1.54, 1.807) is 49.6 Å². The first-order chi connectivity index (χ1) is 16.5. The monoisotopic (exact) mass is 494 g/mol. The molecule has 1 aromatic heterocycles. The number of nitrogens with one attached hydrogen (secondary N) is 1. The molecule has 34 heavy (non-hydrogen) atoms. The summed E-state index contributed by atoms with van der Waals surface area (Å²) in [5.74, 6) is 0.285. The first-order valence-corrected chi connectivity index (χ1v) is 11.2. The highest BCUT2D eigenvalue weighted by Crippen LogP contribution is 2.37. The summed E-state index contributed by atoms with van der Waals surface area (Å²) in [7, 11) is 3.02. The molecule has 172 valence electrons. The van der Waals surface area contributed by atoms with E-state index in [1.807, 2.05) is 24.3 Å². The molecule has 0 fully saturated rings. The van der Waals surface area contributed by atoms with E-state index in [0.717, 1.165) is 10.1 Å². The van der Waals surface area contributed by atoms with Gasteiger partial charge in [0.2, 0.25) is 0 Å². The number of fused-ring (bicyclic) bond motifs is 1. The van der Waals surface area contributed by atoms with Crippen molar-refractivity contribution >= 4 is 51.1 Å². The molecule has 0 atom stereocenters. The van der Waals surface area contributed by atoms with Crippen molar-refractivity contribution in [3.8, 4) is 17.2 Å². The average Bonchev–Trinajstić information content (AvgIpc) is 3.21. The van der Waals surface area contributed by atoms with E-state index in [9.17, 15) is 9.59 Å². The topological polar surface area (TPSA) is 86.2 Å². The van der Waals surface area contributed by atoms with Gasteiger partial charge in [0.15, 0.2) is 11.5 Å². The van der Waals surface area contributed by atoms with Gasteiger partial charge in [-0.05, 0) is 54.1 Å². The number of halogens is 1. The fraction of sp³-hybridized carbons (Fsp3) is 0.0800. The lowest BCUT2D eigenvalue weighted by molar-refractivity contribution is 0.0734. The van der Waals surface area contributed by atoms with E-state index in [1.165, 1.54) is 24.7 Å². The predicted molar refractivity (Wildman–Crippen MR) is 133 cm³/mol. The van der Waals surface area contributed by atoms with Gasteiger partial charge in [-0.2, -0.15) is 5.10 Å². The first kappa shape index (κ1) is 23.3. The molecule has 0 unspecified atom stereocenters. The number of thiophene rings is 1. The number of ether oxygens (including phenoxy) is 3. The Hall–Kier alpha value is -3.88. The Morgan fingerprint density at radius 3 is 2.44 bits per heavy atom. The zero-order valence-corrected chi connectivity index (χ0v) is 19.8. The third-order valence-electron chi connectivity index (χ3n) is 4.84. The van der Waals surface area contributed by atoms with E-state index in [4.69, 9.17) is 25.8 Å². The lowest BCUT2D eigenvalue weighted by Gasteiger charge is -2.09. The highest BCUT2D eigenvalue weighted by Gasteiger charge is 2.20. The molecule has 0 aliphatic heterocycles. The zero-order valence-electron chi connectivity index (χ0n) is 18.2. The van der Waals surface area contributed by atoms with E-state index in [0.29, 0.717) is 32.5 Å². The van der Waals surface area contributed by atoms with Crippen molar-refractivity contribution in [2.24, 2.45) is 5.10 Å². The predicted octanol–water partition coefficient (Wildman–Crippen LogP) is 5.56. The molecule has 0 spiro atoms. The summed E-state index contributed by atoms with van der Waals surface area (Å²) in [6.07, 6.45) is 1.46. The second kappa shape index (κ2) is 10.4. The van der Waals surface area contributed by atoms with Gasteiger partial charge in [0.05, 0.1) is 25.5 Å². The third kappa shape index (κ3) is 5.03. The molecule has 1 N–H and O–H groups in total. The number of hydrogen-bond acceptors (Lipinski definition) is 7. The molecule has 1 heterocycles. The molecule has 9 heteroatoms. The normalized spacial score (nSPS) is 10.9. The minimum absolute atomic E-state index is 0.237. The number of esters is 1. The summed E-state index contributed by atoms with van der Waals surface area (Å²) in [5.41, 5.74) is 3.53. The van der Waals surface area contributed by atoms with Gasteiger partial charge >= 0.3 is 5.97 Å². The number of amides is 1. The highest BCUT2D eigenvalue weighted by atomic mass is 35.5. The van der Waals surface area contributed by atoms with E-state index >= 15 is 0 Å². The first-order valence-electron chi connectivity index (χ1n) is 10.0. The van der Waals surface area contributed by atoms with Crippen molar-refractivity contribution in [1.29, 1.82) is 0 Å². The number of nitrogens with zero attached hydrogens (tertiary/aromatic N) is 1. The molecule has 0 bridgehead atoms. The summed E-state index contributed by atoms with van der Waals surface area (Å²) in [6, 6.07) is 19.1. The number of hydrazone groups is 1. The van der Waals surface area contributed by atoms with Crippen molar-refractivity contribution in [1.82, 2.24) is 5.43 Å². The number of hydrogen-bond donors (Lipinski definition) is 1. The van der Waals surface area contributed by atoms with Gasteiger partial charge in [-0.25, -0.2) is 10.2 Å². The minimum Gasteiger partial charge on any atom is -0.497 e. The second-order valence-corrected chi connectivity index (χ2v) is 8.40. The van der Waals surface area contributed by atoms with Crippen LogP contribution < -0.4 is 19.6 Å². The molecule has 3 aromatic carbocycles. The van der Waals surface area contributed by atoms with Gasteiger partial charge in [0, 0.05) is 15.6 Å². The van der Waals surface area contributed by atoms with Crippen molar-refractivity contribution in [3.63, 3.8) is 0 Å². The Bertz CT molecular complexity index is 1380. The smallest absolute Gasteiger partial charge is 0.355 e. The maximum atomic E-state index is 12.7. The van der Waals surface area contributed by atoms with Crippen LogP contribution in [0.15, 0.2) is 71.8 Å². The Labute approximate surface area is 204 Å². The maximum Gasteiger partial charge on any atom is 0.355 e. The van der Waals surface area contributed by atoms with Crippen LogP contribution in [0.1, 0.15) is 25.6 Å². The molecule has 0 aliphatic rings. The average molecular weight is 495 g/mol. The molecule has 4 aromatic rings. The lowest BCUT2D eigenvalue weighted by Crippen LogP contribution is -2.17. The van der Waals surface area contributed by atoms with E-state index in [2.05, 4.69) is 10.5 Å². The van der Waals surface area contributed by atoms with Gasteiger partial charge in [0.25, 0.3) is 5.91 Å². The molecular weight excluding hydrogens is 476 g/mol. The van der Waals surface area contributed by atoms with Crippen molar-refractivity contribution < 1.29 is 23.8 Å². The fourth-order valence-corrected chi connectivity index (χ4v) is 4.50. The highest BCUT2D eigenvalue weighted by molar-refractivity contribution is 7.21. The number of benzene rings is 3. The van der Waals surface area contributed by atoms with Crippen LogP contribution in [0.5, 0.6) is 17.2 Å². The summed E-state index contributed by atoms with van der Waals surface area (Å²) in [4.78, 5) is 25.3. The standard InChI is InChI=1S/C25H19ClN2O5S/c1-31-17-10-8-16(9-11-17)24(29)28-27-14-15-7-12-19(20(13-15)32-2)33-25(30)23-22(26)18-5-3-4-6-21(18)34-23/h3-14H,1-2H3,(H,28,29)/b27-14-. The quantitative estimate of drug-likeness (QED) is 0.157. The second-order valence-electron chi connectivity index (χ2n) is 6.97. The number of carbonyl (C=O) groups excluding carboxylic acids is 2. The van der Waals surface area contributed by atoms with E-state index in [-0.39, 0.29) is 11.7 Å². The number of methoxy groups -OCH3 is 2. The summed E-state index contributed by atoms with van der Waals surface area (Å²) in [5, 5.41) is 5.14. The van der Waals surface area contributed by atoms with Crippen LogP contribution >= 0.6 is 22.9 Å². The molecule has 0 saturated heterocycles. The van der Waals surface area contributed by atoms with Crippen molar-refractivity contribution in [2.45, 2.75) is 0 Å². The van der Waals surface area contributed by atoms with Crippen LogP contribution in [0.2, 0.25) is 5.02 Å². The van der Waals surface area contributed by atoms with E-state index < -0.39 is 5.97 Å². The van der Waals surface area contributed by atoms with Gasteiger partial charge in [-0.3, -0.25) is 4.79 Å². The summed E-state index contributed by atoms with van der Waals surface area (Å²) >= 11 is 7.65. The lowest BCUT2D eigenvalue weighted by atomic mass is 10.2. The van der Waals surface area contributed by atoms with Crippen LogP contribution in [0.3, 0.4) is 0 Å². The molecule has 0 radical (unpaired) electrons. The summed E-state index contributed by atoms with van der Waals surface area (Å²) < 4.78 is 16.9. The molecule has 1 amide bonds. The molecule has 7 nitrogen and oxygen atoms in total. The molecule has 4 rings (SSSR count). The Balaban J connectivity index is 1.45. The van der Waals surface area contributed by atoms with Gasteiger partial charge in [-0.1, -0.05) is 29.8 Å². The van der Waals surface area contributed by atoms with Crippen LogP contribution in [-0.4, -0.2) is 32.3 Å². The molecule has 0 saturated carbocycles. The minimum atomic E-state index is -0.572. The molecular formula is C25H19ClN2O5S. The van der Waals surface area contributed by atoms with Crippen LogP contribution in [0, 0.1) is 0 Å². The summed E-state index contributed by atoms with van der Waals surface area (Å²) in [6.45, 7) is 0. The van der Waals surface area contributed by atoms with Crippen LogP contribution in [0.4, 0.5) is 0 Å². The fourth-order valence-electron chi connectivity index (χ4n) is 3.11. The van der Waals surface area contributed by atoms with Gasteiger partial charge < -0.3 is 14.2 Å². The van der Waals surface area contributed by atoms with Crippen molar-refractivity contribution in [3.05, 3.63) is 87.8 Å². The van der Waals surface area contributed by atoms with Crippen LogP contribution in [0.25, 0.3) is 10.1 Å². The van der Waals surface area contributed by atoms with Gasteiger partial charge in [-0.15, -0.1) is 11.3 Å². The zero-order chi connectivity index (χ0) is 24.1. The largest absolute Gasteiger partial charge is 0.497 e. The Morgan fingerprint density at radius 1 is 0.971 bits per heavy atom. The number of rotatable bonds is 7. The molecule has 0 aliphatic carbocycles. The SMILES string of the molecule is COc1ccc(C(=O)N/N=C\c2ccc(OC(=O)c3sc4ccccc4c3Cl)c(OC)c2)cc1. The third-order valence-corrected chi connectivity index (χ3v) is 6.50. The van der Waals surface area contributed by atoms with Crippen LogP contribution in [-0.2, 0) is 0 Å². The van der Waals surface area contributed by atoms with Crippen molar-refractivity contribution in [2.75, 3.05) is 14.2 Å². The maximum absolute atomic E-state index is 12.7.